The van der Waals surface area contributed by atoms with E-state index in [9.17, 15) is 34.2 Å². The van der Waals surface area contributed by atoms with Crippen molar-refractivity contribution in [2.45, 2.75) is 79.1 Å². The van der Waals surface area contributed by atoms with E-state index in [1.807, 2.05) is 13.8 Å². The molecule has 0 saturated carbocycles. The summed E-state index contributed by atoms with van der Waals surface area (Å²) in [5.41, 5.74) is 0.237. The van der Waals surface area contributed by atoms with Crippen molar-refractivity contribution in [3.05, 3.63) is 46.6 Å². The number of carbonyl (C=O) groups excluding carboxylic acids is 4. The van der Waals surface area contributed by atoms with E-state index in [4.69, 9.17) is 0 Å². The van der Waals surface area contributed by atoms with Crippen LogP contribution in [0.3, 0.4) is 0 Å². The van der Waals surface area contributed by atoms with Gasteiger partial charge in [-0.1, -0.05) is 13.8 Å². The van der Waals surface area contributed by atoms with Gasteiger partial charge in [0.05, 0.1) is 5.41 Å². The van der Waals surface area contributed by atoms with E-state index >= 15 is 0 Å². The topological polar surface area (TPSA) is 126 Å². The summed E-state index contributed by atoms with van der Waals surface area (Å²) in [6.45, 7) is 7.16. The third kappa shape index (κ3) is 8.06. The second-order valence-electron chi connectivity index (χ2n) is 10.9. The van der Waals surface area contributed by atoms with Crippen LogP contribution in [0.5, 0.6) is 0 Å². The largest absolute Gasteiger partial charge is 0.481 e. The van der Waals surface area contributed by atoms with Gasteiger partial charge in [-0.15, -0.1) is 0 Å². The quantitative estimate of drug-likeness (QED) is 0.374. The monoisotopic (exact) mass is 484 g/mol. The predicted octanol–water partition coefficient (Wildman–Crippen LogP) is 4.25. The SMILES string of the molecule is CC(C)(CO)CCCC1=CC(=O)C=C(CCC2=CC(=O)C=C(CCCC(C)(C)C(=O)O)C2=O)C1=O. The van der Waals surface area contributed by atoms with Crippen molar-refractivity contribution >= 4 is 29.1 Å². The maximum absolute atomic E-state index is 12.9. The second-order valence-corrected chi connectivity index (χ2v) is 10.9. The molecule has 190 valence electrons. The first kappa shape index (κ1) is 28.3. The molecule has 0 atom stereocenters. The number of aliphatic hydroxyl groups excluding tert-OH is 1. The Kier molecular flexibility index (Phi) is 9.44. The molecule has 0 heterocycles. The molecule has 0 saturated heterocycles. The Morgan fingerprint density at radius 1 is 0.686 bits per heavy atom. The highest BCUT2D eigenvalue weighted by atomic mass is 16.4. The maximum Gasteiger partial charge on any atom is 0.309 e. The highest BCUT2D eigenvalue weighted by Gasteiger charge is 2.29. The van der Waals surface area contributed by atoms with Crippen LogP contribution in [0.2, 0.25) is 0 Å². The number of ketones is 4. The first-order chi connectivity index (χ1) is 16.3. The van der Waals surface area contributed by atoms with Crippen molar-refractivity contribution in [2.24, 2.45) is 10.8 Å². The highest BCUT2D eigenvalue weighted by molar-refractivity contribution is 6.21. The van der Waals surface area contributed by atoms with Gasteiger partial charge >= 0.3 is 5.97 Å². The van der Waals surface area contributed by atoms with Gasteiger partial charge in [0, 0.05) is 28.9 Å². The van der Waals surface area contributed by atoms with Crippen LogP contribution in [0.15, 0.2) is 46.6 Å². The van der Waals surface area contributed by atoms with E-state index in [2.05, 4.69) is 0 Å². The number of allylic oxidation sites excluding steroid dienone is 8. The summed E-state index contributed by atoms with van der Waals surface area (Å²) >= 11 is 0. The van der Waals surface area contributed by atoms with E-state index in [0.717, 1.165) is 0 Å². The number of carboxylic acid groups (broad SMARTS) is 1. The average Bonchev–Trinajstić information content (AvgIpc) is 2.77. The summed E-state index contributed by atoms with van der Waals surface area (Å²) in [4.78, 5) is 61.4. The summed E-state index contributed by atoms with van der Waals surface area (Å²) in [6.07, 6.45) is 8.49. The summed E-state index contributed by atoms with van der Waals surface area (Å²) in [6, 6.07) is 0. The van der Waals surface area contributed by atoms with Gasteiger partial charge in [0.1, 0.15) is 0 Å². The first-order valence-electron chi connectivity index (χ1n) is 12.1. The lowest BCUT2D eigenvalue weighted by Crippen LogP contribution is -2.23. The van der Waals surface area contributed by atoms with E-state index in [-0.39, 0.29) is 48.0 Å². The minimum Gasteiger partial charge on any atom is -0.481 e. The lowest BCUT2D eigenvalue weighted by atomic mass is 9.83. The van der Waals surface area contributed by atoms with Gasteiger partial charge in [-0.2, -0.15) is 0 Å². The number of aliphatic carboxylic acids is 1. The minimum absolute atomic E-state index is 0.0414. The van der Waals surface area contributed by atoms with Gasteiger partial charge < -0.3 is 10.2 Å². The zero-order valence-electron chi connectivity index (χ0n) is 21.1. The lowest BCUT2D eigenvalue weighted by molar-refractivity contribution is -0.147. The molecule has 0 aromatic heterocycles. The normalized spacial score (nSPS) is 17.2. The molecule has 2 N–H and O–H groups in total. The molecule has 2 rings (SSSR count). The molecular formula is C28H36O7. The third-order valence-electron chi connectivity index (χ3n) is 6.65. The van der Waals surface area contributed by atoms with Crippen LogP contribution in [0, 0.1) is 10.8 Å². The number of carboxylic acids is 1. The maximum atomic E-state index is 12.9. The van der Waals surface area contributed by atoms with Gasteiger partial charge in [0.2, 0.25) is 0 Å². The lowest BCUT2D eigenvalue weighted by Gasteiger charge is -2.22. The molecule has 0 aliphatic heterocycles. The number of hydrogen-bond donors (Lipinski definition) is 2. The Balaban J connectivity index is 1.96. The summed E-state index contributed by atoms with van der Waals surface area (Å²) in [5, 5.41) is 18.6. The van der Waals surface area contributed by atoms with Gasteiger partial charge in [0.15, 0.2) is 23.1 Å². The number of carbonyl (C=O) groups is 5. The fourth-order valence-electron chi connectivity index (χ4n) is 4.12. The van der Waals surface area contributed by atoms with E-state index < -0.39 is 11.4 Å². The molecule has 0 radical (unpaired) electrons. The van der Waals surface area contributed by atoms with Crippen LogP contribution in [0.25, 0.3) is 0 Å². The molecule has 0 bridgehead atoms. The Bertz CT molecular complexity index is 1030. The molecule has 2 aliphatic rings. The van der Waals surface area contributed by atoms with Crippen LogP contribution in [0.4, 0.5) is 0 Å². The zero-order valence-corrected chi connectivity index (χ0v) is 21.1. The molecule has 0 aromatic carbocycles. The molecule has 0 amide bonds. The number of hydrogen-bond acceptors (Lipinski definition) is 6. The van der Waals surface area contributed by atoms with Gasteiger partial charge in [-0.05, 0) is 94.9 Å². The Hall–Kier alpha value is -2.93. The fourth-order valence-corrected chi connectivity index (χ4v) is 4.12. The summed E-state index contributed by atoms with van der Waals surface area (Å²) < 4.78 is 0. The average molecular weight is 485 g/mol. The number of rotatable bonds is 13. The molecule has 7 heteroatoms. The summed E-state index contributed by atoms with van der Waals surface area (Å²) in [7, 11) is 0. The van der Waals surface area contributed by atoms with Gasteiger partial charge in [-0.25, -0.2) is 0 Å². The number of aliphatic hydroxyl groups is 1. The van der Waals surface area contributed by atoms with Crippen molar-refractivity contribution in [1.29, 1.82) is 0 Å². The van der Waals surface area contributed by atoms with Crippen molar-refractivity contribution in [3.8, 4) is 0 Å². The predicted molar refractivity (Wildman–Crippen MR) is 132 cm³/mol. The van der Waals surface area contributed by atoms with Crippen LogP contribution in [-0.2, 0) is 24.0 Å². The molecule has 2 aliphatic carbocycles. The van der Waals surface area contributed by atoms with Gasteiger partial charge in [0.25, 0.3) is 0 Å². The molecule has 0 aromatic rings. The Morgan fingerprint density at radius 3 is 1.43 bits per heavy atom. The van der Waals surface area contributed by atoms with Crippen molar-refractivity contribution in [2.75, 3.05) is 6.61 Å². The fraction of sp³-hybridized carbons (Fsp3) is 0.536. The number of Topliss-reactive ketones (excluding diaryl/α,β-unsaturated/α-hetero) is 2. The standard InChI is InChI=1S/C28H36O7/c1-27(2,17-29)11-5-7-18-13-22(30)15-20(24(18)32)9-10-21-16-23(31)14-19(25(21)33)8-6-12-28(3,4)26(34)35/h13-16,29H,5-12,17H2,1-4H3,(H,34,35). The second kappa shape index (κ2) is 11.7. The summed E-state index contributed by atoms with van der Waals surface area (Å²) in [5.74, 6) is -1.97. The van der Waals surface area contributed by atoms with Crippen LogP contribution >= 0.6 is 0 Å². The van der Waals surface area contributed by atoms with E-state index in [0.29, 0.717) is 60.8 Å². The zero-order chi connectivity index (χ0) is 26.4. The smallest absolute Gasteiger partial charge is 0.309 e. The molecule has 0 unspecified atom stereocenters. The van der Waals surface area contributed by atoms with E-state index in [1.165, 1.54) is 24.3 Å². The van der Waals surface area contributed by atoms with Gasteiger partial charge in [-0.3, -0.25) is 24.0 Å². The van der Waals surface area contributed by atoms with Crippen LogP contribution in [0.1, 0.15) is 79.1 Å². The van der Waals surface area contributed by atoms with E-state index in [1.54, 1.807) is 13.8 Å². The Labute approximate surface area is 206 Å². The first-order valence-corrected chi connectivity index (χ1v) is 12.1. The molecule has 0 fully saturated rings. The van der Waals surface area contributed by atoms with Crippen LogP contribution < -0.4 is 0 Å². The third-order valence-corrected chi connectivity index (χ3v) is 6.65. The van der Waals surface area contributed by atoms with Crippen LogP contribution in [-0.4, -0.2) is 45.9 Å². The minimum atomic E-state index is -0.916. The van der Waals surface area contributed by atoms with Crippen molar-refractivity contribution in [1.82, 2.24) is 0 Å². The van der Waals surface area contributed by atoms with Crippen molar-refractivity contribution in [3.63, 3.8) is 0 Å². The van der Waals surface area contributed by atoms with Crippen molar-refractivity contribution < 1.29 is 34.2 Å². The molecule has 0 spiro atoms. The molecule has 35 heavy (non-hydrogen) atoms. The molecule has 7 nitrogen and oxygen atoms in total. The Morgan fingerprint density at radius 2 is 1.06 bits per heavy atom. The molecular weight excluding hydrogens is 448 g/mol. The highest BCUT2D eigenvalue weighted by Crippen LogP contribution is 2.30.